The van der Waals surface area contributed by atoms with Crippen LogP contribution in [0.2, 0.25) is 0 Å². The number of rotatable bonds is 4. The van der Waals surface area contributed by atoms with Crippen molar-refractivity contribution in [1.82, 2.24) is 0 Å². The molecule has 0 aliphatic carbocycles. The molecule has 0 aromatic heterocycles. The summed E-state index contributed by atoms with van der Waals surface area (Å²) in [4.78, 5) is 1.12. The number of nitrogens with two attached hydrogens (primary N) is 1. The first-order valence-corrected chi connectivity index (χ1v) is 6.00. The molecule has 4 N–H and O–H groups in total. The lowest BCUT2D eigenvalue weighted by atomic mass is 10.1. The Hall–Kier alpha value is -1.94. The van der Waals surface area contributed by atoms with E-state index in [0.717, 1.165) is 16.1 Å². The van der Waals surface area contributed by atoms with Gasteiger partial charge in [0.05, 0.1) is 5.69 Å². The summed E-state index contributed by atoms with van der Waals surface area (Å²) in [6.07, 6.45) is 1.27. The molecule has 2 rings (SSSR count). The highest BCUT2D eigenvalue weighted by Gasteiger charge is 2.03. The van der Waals surface area contributed by atoms with Crippen LogP contribution in [0.5, 0.6) is 0 Å². The van der Waals surface area contributed by atoms with Crippen molar-refractivity contribution in [2.24, 2.45) is 0 Å². The Kier molecular flexibility index (Phi) is 3.67. The van der Waals surface area contributed by atoms with Gasteiger partial charge in [-0.2, -0.15) is 0 Å². The van der Waals surface area contributed by atoms with E-state index in [1.807, 2.05) is 42.5 Å². The zero-order valence-electron chi connectivity index (χ0n) is 9.18. The van der Waals surface area contributed by atoms with Crippen molar-refractivity contribution < 1.29 is 0 Å². The quantitative estimate of drug-likeness (QED) is 0.438. The van der Waals surface area contributed by atoms with E-state index in [1.165, 1.54) is 18.2 Å². The lowest BCUT2D eigenvalue weighted by Gasteiger charge is -2.09. The van der Waals surface area contributed by atoms with Crippen molar-refractivity contribution in [3.63, 3.8) is 0 Å². The highest BCUT2D eigenvalue weighted by Crippen LogP contribution is 2.25. The summed E-state index contributed by atoms with van der Waals surface area (Å²) >= 11 is 1.50. The number of nitrogen functional groups attached to an aromatic ring is 1. The van der Waals surface area contributed by atoms with E-state index >= 15 is 0 Å². The minimum absolute atomic E-state index is 0.610. The molecule has 0 aliphatic heterocycles. The van der Waals surface area contributed by atoms with Gasteiger partial charge in [-0.05, 0) is 36.2 Å². The Bertz CT molecular complexity index is 511. The molecule has 0 saturated carbocycles. The van der Waals surface area contributed by atoms with Crippen LogP contribution in [0.1, 0.15) is 5.56 Å². The summed E-state index contributed by atoms with van der Waals surface area (Å²) in [5, 5.41) is 7.35. The predicted molar refractivity (Wildman–Crippen MR) is 74.7 cm³/mol. The van der Waals surface area contributed by atoms with Gasteiger partial charge in [0.2, 0.25) is 0 Å². The number of benzene rings is 2. The Morgan fingerprint density at radius 1 is 1.06 bits per heavy atom. The van der Waals surface area contributed by atoms with E-state index in [4.69, 9.17) is 11.1 Å². The molecule has 0 atom stereocenters. The van der Waals surface area contributed by atoms with Crippen LogP contribution in [0.15, 0.2) is 53.4 Å². The van der Waals surface area contributed by atoms with Crippen molar-refractivity contribution in [2.75, 3.05) is 10.5 Å². The second-order valence-electron chi connectivity index (χ2n) is 3.47. The molecule has 0 saturated heterocycles. The van der Waals surface area contributed by atoms with Gasteiger partial charge in [0, 0.05) is 22.4 Å². The van der Waals surface area contributed by atoms with Gasteiger partial charge < -0.3 is 15.9 Å². The van der Waals surface area contributed by atoms with Crippen molar-refractivity contribution in [3.8, 4) is 0 Å². The largest absolute Gasteiger partial charge is 0.398 e. The van der Waals surface area contributed by atoms with E-state index in [-0.39, 0.29) is 0 Å². The van der Waals surface area contributed by atoms with Gasteiger partial charge in [-0.25, -0.2) is 0 Å². The summed E-state index contributed by atoms with van der Waals surface area (Å²) in [5.41, 5.74) is 7.98. The molecule has 0 amide bonds. The third-order valence-electron chi connectivity index (χ3n) is 2.31. The van der Waals surface area contributed by atoms with Crippen molar-refractivity contribution in [1.29, 1.82) is 5.41 Å². The molecule has 0 unspecified atom stereocenters. The SMILES string of the molecule is N=Cc1c(N)cccc1NSc1ccccc1. The second-order valence-corrected chi connectivity index (χ2v) is 4.35. The Balaban J connectivity index is 2.14. The maximum absolute atomic E-state index is 7.35. The molecule has 0 fully saturated rings. The van der Waals surface area contributed by atoms with E-state index in [1.54, 1.807) is 6.07 Å². The van der Waals surface area contributed by atoms with Crippen LogP contribution in [0.25, 0.3) is 0 Å². The van der Waals surface area contributed by atoms with Crippen molar-refractivity contribution >= 4 is 29.5 Å². The molecule has 3 nitrogen and oxygen atoms in total. The number of nitrogens with one attached hydrogen (secondary N) is 2. The van der Waals surface area contributed by atoms with Crippen LogP contribution < -0.4 is 10.5 Å². The van der Waals surface area contributed by atoms with E-state index < -0.39 is 0 Å². The molecule has 4 heteroatoms. The monoisotopic (exact) mass is 243 g/mol. The third kappa shape index (κ3) is 2.79. The standard InChI is InChI=1S/C13H13N3S/c14-9-11-12(15)7-4-8-13(11)16-17-10-5-2-1-3-6-10/h1-9,14,16H,15H2. The molecular formula is C13H13N3S. The maximum atomic E-state index is 7.35. The zero-order valence-corrected chi connectivity index (χ0v) is 10.00. The van der Waals surface area contributed by atoms with Gasteiger partial charge >= 0.3 is 0 Å². The predicted octanol–water partition coefficient (Wildman–Crippen LogP) is 3.39. The molecule has 86 valence electrons. The maximum Gasteiger partial charge on any atom is 0.0552 e. The van der Waals surface area contributed by atoms with Crippen LogP contribution in [0.4, 0.5) is 11.4 Å². The van der Waals surface area contributed by atoms with Gasteiger partial charge in [0.15, 0.2) is 0 Å². The summed E-state index contributed by atoms with van der Waals surface area (Å²) in [5.74, 6) is 0. The number of anilines is 2. The van der Waals surface area contributed by atoms with Crippen LogP contribution >= 0.6 is 11.9 Å². The van der Waals surface area contributed by atoms with Crippen LogP contribution in [-0.4, -0.2) is 6.21 Å². The lowest BCUT2D eigenvalue weighted by Crippen LogP contribution is -1.98. The topological polar surface area (TPSA) is 61.9 Å². The van der Waals surface area contributed by atoms with E-state index in [0.29, 0.717) is 5.69 Å². The minimum atomic E-state index is 0.610. The number of hydrogen-bond acceptors (Lipinski definition) is 4. The first-order chi connectivity index (χ1) is 8.31. The fourth-order valence-corrected chi connectivity index (χ4v) is 2.13. The van der Waals surface area contributed by atoms with Crippen LogP contribution in [-0.2, 0) is 0 Å². The smallest absolute Gasteiger partial charge is 0.0552 e. The summed E-state index contributed by atoms with van der Waals surface area (Å²) < 4.78 is 3.21. The molecule has 0 bridgehead atoms. The fraction of sp³-hybridized carbons (Fsp3) is 0. The fourth-order valence-electron chi connectivity index (χ4n) is 1.44. The highest BCUT2D eigenvalue weighted by atomic mass is 32.2. The van der Waals surface area contributed by atoms with Gasteiger partial charge in [-0.1, -0.05) is 24.3 Å². The minimum Gasteiger partial charge on any atom is -0.398 e. The average molecular weight is 243 g/mol. The van der Waals surface area contributed by atoms with Gasteiger partial charge in [-0.3, -0.25) is 0 Å². The summed E-state index contributed by atoms with van der Waals surface area (Å²) in [6, 6.07) is 15.6. The number of hydrogen-bond donors (Lipinski definition) is 3. The molecule has 2 aromatic carbocycles. The Morgan fingerprint density at radius 2 is 1.82 bits per heavy atom. The van der Waals surface area contributed by atoms with E-state index in [9.17, 15) is 0 Å². The van der Waals surface area contributed by atoms with Gasteiger partial charge in [0.25, 0.3) is 0 Å². The highest BCUT2D eigenvalue weighted by molar-refractivity contribution is 8.00. The molecule has 0 heterocycles. The molecule has 0 radical (unpaired) electrons. The first-order valence-electron chi connectivity index (χ1n) is 5.18. The summed E-state index contributed by atoms with van der Waals surface area (Å²) in [7, 11) is 0. The van der Waals surface area contributed by atoms with Crippen molar-refractivity contribution in [2.45, 2.75) is 4.90 Å². The average Bonchev–Trinajstić information content (AvgIpc) is 2.37. The van der Waals surface area contributed by atoms with Gasteiger partial charge in [0.1, 0.15) is 0 Å². The molecule has 0 spiro atoms. The summed E-state index contributed by atoms with van der Waals surface area (Å²) in [6.45, 7) is 0. The molecule has 17 heavy (non-hydrogen) atoms. The van der Waals surface area contributed by atoms with Gasteiger partial charge in [-0.15, -0.1) is 0 Å². The zero-order chi connectivity index (χ0) is 12.1. The lowest BCUT2D eigenvalue weighted by molar-refractivity contribution is 1.46. The molecular weight excluding hydrogens is 230 g/mol. The molecule has 0 aliphatic rings. The van der Waals surface area contributed by atoms with E-state index in [2.05, 4.69) is 4.72 Å². The molecule has 2 aromatic rings. The first kappa shape index (κ1) is 11.5. The normalized spacial score (nSPS) is 9.88. The third-order valence-corrected chi connectivity index (χ3v) is 3.14. The van der Waals surface area contributed by atoms with Crippen LogP contribution in [0.3, 0.4) is 0 Å². The van der Waals surface area contributed by atoms with Crippen molar-refractivity contribution in [3.05, 3.63) is 54.1 Å². The Labute approximate surface area is 105 Å². The van der Waals surface area contributed by atoms with Crippen LogP contribution in [0, 0.1) is 5.41 Å². The second kappa shape index (κ2) is 5.41. The Morgan fingerprint density at radius 3 is 2.53 bits per heavy atom.